The molecule has 1 saturated heterocycles. The number of piperazine rings is 1. The van der Waals surface area contributed by atoms with Crippen molar-refractivity contribution in [1.29, 1.82) is 0 Å². The van der Waals surface area contributed by atoms with Crippen molar-refractivity contribution in [2.24, 2.45) is 4.99 Å². The van der Waals surface area contributed by atoms with Crippen LogP contribution >= 0.6 is 24.0 Å². The third kappa shape index (κ3) is 6.73. The second-order valence-corrected chi connectivity index (χ2v) is 7.19. The van der Waals surface area contributed by atoms with Gasteiger partial charge in [0.1, 0.15) is 11.6 Å². The topological polar surface area (TPSA) is 65.0 Å². The maximum absolute atomic E-state index is 5.42. The van der Waals surface area contributed by atoms with E-state index in [1.807, 2.05) is 30.5 Å². The molecule has 2 N–H and O–H groups in total. The van der Waals surface area contributed by atoms with E-state index in [1.54, 1.807) is 14.2 Å². The molecule has 8 heteroatoms. The highest BCUT2D eigenvalue weighted by molar-refractivity contribution is 14.0. The number of aromatic nitrogens is 1. The fourth-order valence-electron chi connectivity index (χ4n) is 3.50. The lowest BCUT2D eigenvalue weighted by atomic mass is 10.1. The first-order valence-corrected chi connectivity index (χ1v) is 10.1. The molecule has 1 fully saturated rings. The molecule has 0 spiro atoms. The van der Waals surface area contributed by atoms with Crippen LogP contribution in [0.1, 0.15) is 11.1 Å². The number of methoxy groups -OCH3 is 1. The van der Waals surface area contributed by atoms with E-state index >= 15 is 0 Å². The number of pyridine rings is 1. The molecule has 0 aliphatic carbocycles. The first kappa shape index (κ1) is 24.2. The summed E-state index contributed by atoms with van der Waals surface area (Å²) in [5, 5.41) is 6.81. The summed E-state index contributed by atoms with van der Waals surface area (Å²) in [5.41, 5.74) is 2.37. The Kier molecular flexibility index (Phi) is 10.2. The van der Waals surface area contributed by atoms with Crippen LogP contribution < -0.4 is 20.3 Å². The Morgan fingerprint density at radius 2 is 1.80 bits per heavy atom. The van der Waals surface area contributed by atoms with Gasteiger partial charge in [0.15, 0.2) is 5.96 Å². The smallest absolute Gasteiger partial charge is 0.191 e. The fourth-order valence-corrected chi connectivity index (χ4v) is 3.50. The minimum absolute atomic E-state index is 0. The zero-order chi connectivity index (χ0) is 20.5. The molecular formula is C22H33IN6O. The average molecular weight is 524 g/mol. The SMILES string of the molecule is CN=C(NCCc1ccccc1OC)NCc1cccnc1N1CCN(C)CC1.I. The number of benzene rings is 1. The second kappa shape index (κ2) is 12.6. The highest BCUT2D eigenvalue weighted by Crippen LogP contribution is 2.19. The van der Waals surface area contributed by atoms with Gasteiger partial charge in [0.2, 0.25) is 0 Å². The number of likely N-dealkylation sites (N-methyl/N-ethyl adjacent to an activating group) is 1. The molecule has 1 aromatic carbocycles. The van der Waals surface area contributed by atoms with Crippen molar-refractivity contribution in [2.45, 2.75) is 13.0 Å². The van der Waals surface area contributed by atoms with E-state index in [0.29, 0.717) is 6.54 Å². The minimum Gasteiger partial charge on any atom is -0.496 e. The Morgan fingerprint density at radius 3 is 2.53 bits per heavy atom. The quantitative estimate of drug-likeness (QED) is 0.330. The number of nitrogens with zero attached hydrogens (tertiary/aromatic N) is 4. The number of ether oxygens (including phenoxy) is 1. The van der Waals surface area contributed by atoms with Gasteiger partial charge in [0.25, 0.3) is 0 Å². The van der Waals surface area contributed by atoms with Crippen LogP contribution in [0.5, 0.6) is 5.75 Å². The molecule has 1 aromatic heterocycles. The molecule has 7 nitrogen and oxygen atoms in total. The Balaban J connectivity index is 0.00000320. The molecule has 0 atom stereocenters. The second-order valence-electron chi connectivity index (χ2n) is 7.19. The minimum atomic E-state index is 0. The molecule has 0 radical (unpaired) electrons. The summed E-state index contributed by atoms with van der Waals surface area (Å²) >= 11 is 0. The maximum Gasteiger partial charge on any atom is 0.191 e. The van der Waals surface area contributed by atoms with Gasteiger partial charge >= 0.3 is 0 Å². The summed E-state index contributed by atoms with van der Waals surface area (Å²) in [6.45, 7) is 5.60. The monoisotopic (exact) mass is 524 g/mol. The molecule has 3 rings (SSSR count). The molecule has 0 saturated carbocycles. The van der Waals surface area contributed by atoms with Crippen LogP contribution in [0, 0.1) is 0 Å². The Labute approximate surface area is 196 Å². The first-order valence-electron chi connectivity index (χ1n) is 10.1. The third-order valence-electron chi connectivity index (χ3n) is 5.22. The van der Waals surface area contributed by atoms with Crippen molar-refractivity contribution in [3.05, 3.63) is 53.7 Å². The lowest BCUT2D eigenvalue weighted by Crippen LogP contribution is -2.45. The Hall–Kier alpha value is -2.07. The number of para-hydroxylation sites is 1. The van der Waals surface area contributed by atoms with Crippen molar-refractivity contribution in [1.82, 2.24) is 20.5 Å². The van der Waals surface area contributed by atoms with E-state index in [1.165, 1.54) is 11.1 Å². The normalized spacial score (nSPS) is 14.8. The zero-order valence-electron chi connectivity index (χ0n) is 18.1. The summed E-state index contributed by atoms with van der Waals surface area (Å²) in [5.74, 6) is 2.77. The van der Waals surface area contributed by atoms with E-state index in [9.17, 15) is 0 Å². The summed E-state index contributed by atoms with van der Waals surface area (Å²) < 4.78 is 5.42. The molecule has 1 aliphatic rings. The van der Waals surface area contributed by atoms with Crippen molar-refractivity contribution in [3.8, 4) is 5.75 Å². The molecule has 164 valence electrons. The fraction of sp³-hybridized carbons (Fsp3) is 0.455. The predicted octanol–water partition coefficient (Wildman–Crippen LogP) is 2.37. The van der Waals surface area contributed by atoms with Crippen molar-refractivity contribution in [2.75, 3.05) is 58.8 Å². The molecule has 0 amide bonds. The summed E-state index contributed by atoms with van der Waals surface area (Å²) in [6.07, 6.45) is 2.74. The van der Waals surface area contributed by atoms with Gasteiger partial charge in [0, 0.05) is 58.1 Å². The van der Waals surface area contributed by atoms with Crippen molar-refractivity contribution < 1.29 is 4.74 Å². The first-order chi connectivity index (χ1) is 14.2. The average Bonchev–Trinajstić information content (AvgIpc) is 2.77. The highest BCUT2D eigenvalue weighted by Gasteiger charge is 2.18. The van der Waals surface area contributed by atoms with E-state index in [4.69, 9.17) is 4.74 Å². The Morgan fingerprint density at radius 1 is 1.07 bits per heavy atom. The van der Waals surface area contributed by atoms with Gasteiger partial charge in [-0.15, -0.1) is 24.0 Å². The van der Waals surface area contributed by atoms with Crippen molar-refractivity contribution >= 4 is 35.8 Å². The lowest BCUT2D eigenvalue weighted by Gasteiger charge is -2.34. The third-order valence-corrected chi connectivity index (χ3v) is 5.22. The van der Waals surface area contributed by atoms with Crippen molar-refractivity contribution in [3.63, 3.8) is 0 Å². The summed E-state index contributed by atoms with van der Waals surface area (Å²) in [4.78, 5) is 13.7. The molecule has 1 aliphatic heterocycles. The van der Waals surface area contributed by atoms with Gasteiger partial charge in [0.05, 0.1) is 7.11 Å². The molecule has 2 aromatic rings. The van der Waals surface area contributed by atoms with Crippen LogP contribution in [0.25, 0.3) is 0 Å². The number of anilines is 1. The number of aliphatic imine (C=N–C) groups is 1. The predicted molar refractivity (Wildman–Crippen MR) is 134 cm³/mol. The summed E-state index contributed by atoms with van der Waals surface area (Å²) in [7, 11) is 5.67. The maximum atomic E-state index is 5.42. The van der Waals surface area contributed by atoms with Crippen LogP contribution in [0.3, 0.4) is 0 Å². The Bertz CT molecular complexity index is 808. The van der Waals surface area contributed by atoms with Gasteiger partial charge in [-0.2, -0.15) is 0 Å². The van der Waals surface area contributed by atoms with Crippen LogP contribution in [0.2, 0.25) is 0 Å². The molecule has 0 bridgehead atoms. The van der Waals surface area contributed by atoms with Gasteiger partial charge in [-0.05, 0) is 31.2 Å². The van der Waals surface area contributed by atoms with E-state index in [-0.39, 0.29) is 24.0 Å². The van der Waals surface area contributed by atoms with Gasteiger partial charge in [-0.1, -0.05) is 24.3 Å². The molecule has 30 heavy (non-hydrogen) atoms. The number of guanidine groups is 1. The molecule has 0 unspecified atom stereocenters. The molecule has 2 heterocycles. The standard InChI is InChI=1S/C22H32N6O.HI/c1-23-22(25-12-10-18-7-4-5-9-20(18)29-3)26-17-19-8-6-11-24-21(19)28-15-13-27(2)14-16-28;/h4-9,11H,10,12-17H2,1-3H3,(H2,23,25,26);1H. The van der Waals surface area contributed by atoms with Gasteiger partial charge < -0.3 is 25.2 Å². The summed E-state index contributed by atoms with van der Waals surface area (Å²) in [6, 6.07) is 12.2. The van der Waals surface area contributed by atoms with E-state index in [2.05, 4.69) is 49.6 Å². The van der Waals surface area contributed by atoms with E-state index in [0.717, 1.165) is 56.7 Å². The number of rotatable bonds is 7. The largest absolute Gasteiger partial charge is 0.496 e. The number of hydrogen-bond acceptors (Lipinski definition) is 5. The van der Waals surface area contributed by atoms with Crippen LogP contribution in [0.15, 0.2) is 47.6 Å². The lowest BCUT2D eigenvalue weighted by molar-refractivity contribution is 0.312. The molecular weight excluding hydrogens is 491 g/mol. The van der Waals surface area contributed by atoms with Gasteiger partial charge in [-0.3, -0.25) is 4.99 Å². The van der Waals surface area contributed by atoms with Crippen LogP contribution in [0.4, 0.5) is 5.82 Å². The highest BCUT2D eigenvalue weighted by atomic mass is 127. The number of halogens is 1. The number of nitrogens with one attached hydrogen (secondary N) is 2. The number of hydrogen-bond donors (Lipinski definition) is 2. The van der Waals surface area contributed by atoms with Crippen LogP contribution in [-0.4, -0.2) is 69.8 Å². The van der Waals surface area contributed by atoms with Crippen LogP contribution in [-0.2, 0) is 13.0 Å². The van der Waals surface area contributed by atoms with E-state index < -0.39 is 0 Å². The van der Waals surface area contributed by atoms with Gasteiger partial charge in [-0.25, -0.2) is 4.98 Å². The zero-order valence-corrected chi connectivity index (χ0v) is 20.4.